The molecule has 2 aromatic heterocycles. The van der Waals surface area contributed by atoms with Crippen LogP contribution in [0.2, 0.25) is 0 Å². The minimum Gasteiger partial charge on any atom is -0.476 e. The van der Waals surface area contributed by atoms with E-state index in [-0.39, 0.29) is 25.0 Å². The quantitative estimate of drug-likeness (QED) is 0.225. The zero-order chi connectivity index (χ0) is 26.9. The second-order valence-corrected chi connectivity index (χ2v) is 12.4. The van der Waals surface area contributed by atoms with Crippen molar-refractivity contribution in [2.24, 2.45) is 5.41 Å². The smallest absolute Gasteiger partial charge is 0.403 e. The van der Waals surface area contributed by atoms with Gasteiger partial charge in [-0.15, -0.1) is 11.6 Å². The number of anilines is 1. The number of fused-ring (bicyclic) bond motifs is 1. The first-order chi connectivity index (χ1) is 16.6. The molecule has 0 spiro atoms. The molecule has 202 valence electrons. The van der Waals surface area contributed by atoms with Crippen LogP contribution in [0, 0.1) is 5.41 Å². The molecule has 1 aliphatic rings. The highest BCUT2D eigenvalue weighted by Gasteiger charge is 2.46. The number of alkyl halides is 1. The van der Waals surface area contributed by atoms with Crippen molar-refractivity contribution in [3.8, 4) is 5.88 Å². The molecule has 0 bridgehead atoms. The number of halogens is 1. The molecule has 0 aliphatic carbocycles. The Morgan fingerprint density at radius 2 is 2.17 bits per heavy atom. The summed E-state index contributed by atoms with van der Waals surface area (Å²) in [4.78, 5) is 33.9. The normalized spacial score (nSPS) is 25.0. The lowest BCUT2D eigenvalue weighted by atomic mass is 9.97. The Balaban J connectivity index is 1.63. The van der Waals surface area contributed by atoms with E-state index < -0.39 is 42.4 Å². The second-order valence-electron chi connectivity index (χ2n) is 9.93. The van der Waals surface area contributed by atoms with Crippen LogP contribution >= 0.6 is 19.3 Å². The number of hydrogen-bond acceptors (Lipinski definition) is 10. The first kappa shape index (κ1) is 28.5. The van der Waals surface area contributed by atoms with Gasteiger partial charge in [0.2, 0.25) is 11.8 Å². The average Bonchev–Trinajstić information content (AvgIpc) is 3.29. The lowest BCUT2D eigenvalue weighted by Gasteiger charge is -2.24. The number of imidazole rings is 1. The number of carbonyl (C=O) groups is 1. The summed E-state index contributed by atoms with van der Waals surface area (Å²) >= 11 is 6.77. The summed E-state index contributed by atoms with van der Waals surface area (Å²) in [6.07, 6.45) is 0.505. The van der Waals surface area contributed by atoms with Gasteiger partial charge in [-0.25, -0.2) is 14.6 Å². The van der Waals surface area contributed by atoms with Gasteiger partial charge in [-0.3, -0.25) is 13.9 Å². The molecule has 1 aliphatic heterocycles. The maximum atomic E-state index is 12.5. The summed E-state index contributed by atoms with van der Waals surface area (Å²) < 4.78 is 36.2. The average molecular weight is 549 g/mol. The van der Waals surface area contributed by atoms with Crippen LogP contribution in [0.3, 0.4) is 0 Å². The van der Waals surface area contributed by atoms with Crippen LogP contribution in [0.25, 0.3) is 11.2 Å². The van der Waals surface area contributed by atoms with Crippen LogP contribution in [-0.2, 0) is 23.4 Å². The zero-order valence-corrected chi connectivity index (χ0v) is 22.9. The van der Waals surface area contributed by atoms with E-state index in [9.17, 15) is 14.3 Å². The van der Waals surface area contributed by atoms with Crippen molar-refractivity contribution in [1.29, 1.82) is 0 Å². The van der Waals surface area contributed by atoms with Gasteiger partial charge in [0.25, 0.3) is 0 Å². The molecule has 13 nitrogen and oxygen atoms in total. The molecule has 3 heterocycles. The molecule has 0 saturated carbocycles. The fourth-order valence-electron chi connectivity index (χ4n) is 3.64. The highest BCUT2D eigenvalue weighted by atomic mass is 35.5. The van der Waals surface area contributed by atoms with E-state index in [1.807, 2.05) is 6.92 Å². The number of aromatic nitrogens is 4. The molecule has 1 saturated heterocycles. The highest BCUT2D eigenvalue weighted by molar-refractivity contribution is 7.50. The molecule has 1 fully saturated rings. The Bertz CT molecular complexity index is 1140. The summed E-state index contributed by atoms with van der Waals surface area (Å²) in [7, 11) is -4.22. The minimum atomic E-state index is -4.22. The van der Waals surface area contributed by atoms with Crippen LogP contribution in [-0.4, -0.2) is 67.2 Å². The van der Waals surface area contributed by atoms with E-state index >= 15 is 0 Å². The number of nitrogens with one attached hydrogen (secondary N) is 1. The van der Waals surface area contributed by atoms with Crippen LogP contribution in [0.5, 0.6) is 5.88 Å². The number of hydrogen-bond donors (Lipinski definition) is 3. The lowest BCUT2D eigenvalue weighted by molar-refractivity contribution is -0.153. The predicted molar refractivity (Wildman–Crippen MR) is 132 cm³/mol. The Kier molecular flexibility index (Phi) is 8.54. The molecular formula is C21H34ClN6O7P. The lowest BCUT2D eigenvalue weighted by Crippen LogP contribution is -2.33. The topological polar surface area (TPSA) is 173 Å². The van der Waals surface area contributed by atoms with Crippen molar-refractivity contribution >= 4 is 42.4 Å². The van der Waals surface area contributed by atoms with Gasteiger partial charge >= 0.3 is 13.7 Å². The molecule has 0 aromatic carbocycles. The Morgan fingerprint density at radius 3 is 2.81 bits per heavy atom. The van der Waals surface area contributed by atoms with E-state index in [1.165, 1.54) is 6.33 Å². The fraction of sp³-hybridized carbons (Fsp3) is 0.714. The third-order valence-electron chi connectivity index (χ3n) is 5.30. The number of nitrogen functional groups attached to an aromatic ring is 1. The van der Waals surface area contributed by atoms with Crippen LogP contribution < -0.4 is 15.6 Å². The van der Waals surface area contributed by atoms with E-state index in [4.69, 9.17) is 36.1 Å². The third kappa shape index (κ3) is 6.84. The number of nitrogens with zero attached hydrogens (tertiary/aromatic N) is 4. The largest absolute Gasteiger partial charge is 0.476 e. The number of esters is 1. The Hall–Kier alpha value is -2.02. The van der Waals surface area contributed by atoms with Gasteiger partial charge in [0.05, 0.1) is 35.9 Å². The SMILES string of the molecule is CCOc1nc(N)nc2c1ncn2[C@@H]1O[C@H](COP(=O)(O)NC(C)COC(=O)C(C)(C)C)C[C@@]1(C)Cl. The monoisotopic (exact) mass is 548 g/mol. The summed E-state index contributed by atoms with van der Waals surface area (Å²) in [5.41, 5.74) is 5.96. The fourth-order valence-corrected chi connectivity index (χ4v) is 5.05. The van der Waals surface area contributed by atoms with Crippen LogP contribution in [0.1, 0.15) is 54.2 Å². The summed E-state index contributed by atoms with van der Waals surface area (Å²) in [6, 6.07) is -0.621. The van der Waals surface area contributed by atoms with Gasteiger partial charge in [-0.1, -0.05) is 0 Å². The van der Waals surface area contributed by atoms with Gasteiger partial charge < -0.3 is 24.8 Å². The second kappa shape index (κ2) is 10.8. The summed E-state index contributed by atoms with van der Waals surface area (Å²) in [6.45, 7) is 10.4. The van der Waals surface area contributed by atoms with Crippen LogP contribution in [0.15, 0.2) is 6.33 Å². The van der Waals surface area contributed by atoms with Gasteiger partial charge in [0.1, 0.15) is 6.61 Å². The molecular weight excluding hydrogens is 515 g/mol. The Morgan fingerprint density at radius 1 is 1.47 bits per heavy atom. The number of carbonyl (C=O) groups excluding carboxylic acids is 1. The number of rotatable bonds is 10. The maximum absolute atomic E-state index is 12.5. The third-order valence-corrected chi connectivity index (χ3v) is 6.91. The molecule has 5 atom stereocenters. The van der Waals surface area contributed by atoms with Crippen molar-refractivity contribution in [3.05, 3.63) is 6.33 Å². The molecule has 2 aromatic rings. The standard InChI is InChI=1S/C21H34ClN6O7P/c1-7-32-16-14-15(25-19(23)26-16)28(11-24-14)17-21(6,22)8-13(35-17)10-34-36(30,31)27-12(2)9-33-18(29)20(3,4)5/h11-13,17H,7-10H2,1-6H3,(H2,23,25,26)(H2,27,30,31)/t12?,13-,17+,21+/m0/s1. The summed E-state index contributed by atoms with van der Waals surface area (Å²) in [5, 5.41) is 2.46. The molecule has 0 amide bonds. The first-order valence-corrected chi connectivity index (χ1v) is 13.5. The van der Waals surface area contributed by atoms with E-state index in [2.05, 4.69) is 20.0 Å². The zero-order valence-electron chi connectivity index (χ0n) is 21.2. The molecule has 3 rings (SSSR count). The summed E-state index contributed by atoms with van der Waals surface area (Å²) in [5.74, 6) is -0.150. The molecule has 36 heavy (non-hydrogen) atoms. The van der Waals surface area contributed by atoms with Crippen molar-refractivity contribution < 1.29 is 33.0 Å². The molecule has 4 N–H and O–H groups in total. The molecule has 2 unspecified atom stereocenters. The first-order valence-electron chi connectivity index (χ1n) is 11.5. The van der Waals surface area contributed by atoms with Crippen molar-refractivity contribution in [2.75, 3.05) is 25.6 Å². The Labute approximate surface area is 214 Å². The maximum Gasteiger partial charge on any atom is 0.403 e. The highest BCUT2D eigenvalue weighted by Crippen LogP contribution is 2.46. The minimum absolute atomic E-state index is 0.0106. The van der Waals surface area contributed by atoms with Gasteiger partial charge in [-0.05, 0) is 48.0 Å². The van der Waals surface area contributed by atoms with Crippen molar-refractivity contribution in [1.82, 2.24) is 24.6 Å². The predicted octanol–water partition coefficient (Wildman–Crippen LogP) is 2.78. The number of nitrogens with two attached hydrogens (primary N) is 1. The molecule has 0 radical (unpaired) electrons. The van der Waals surface area contributed by atoms with Crippen molar-refractivity contribution in [3.63, 3.8) is 0 Å². The van der Waals surface area contributed by atoms with Gasteiger partial charge in [0.15, 0.2) is 17.4 Å². The molecule has 15 heteroatoms. The van der Waals surface area contributed by atoms with E-state index in [1.54, 1.807) is 39.2 Å². The van der Waals surface area contributed by atoms with E-state index in [0.717, 1.165) is 0 Å². The van der Waals surface area contributed by atoms with E-state index in [0.29, 0.717) is 24.2 Å². The van der Waals surface area contributed by atoms with Crippen molar-refractivity contribution in [2.45, 2.75) is 71.2 Å². The number of ether oxygens (including phenoxy) is 3. The van der Waals surface area contributed by atoms with Crippen LogP contribution in [0.4, 0.5) is 5.95 Å². The van der Waals surface area contributed by atoms with Gasteiger partial charge in [0, 0.05) is 6.04 Å². The van der Waals surface area contributed by atoms with Gasteiger partial charge in [-0.2, -0.15) is 9.97 Å².